The minimum absolute atomic E-state index is 0.214. The van der Waals surface area contributed by atoms with Crippen LogP contribution in [0.2, 0.25) is 0 Å². The number of carbonyl (C=O) groups is 1. The smallest absolute Gasteiger partial charge is 0.257 e. The van der Waals surface area contributed by atoms with Crippen LogP contribution in [0.4, 0.5) is 5.69 Å². The summed E-state index contributed by atoms with van der Waals surface area (Å²) in [5.74, 6) is -0.214. The van der Waals surface area contributed by atoms with E-state index in [4.69, 9.17) is 0 Å². The molecule has 0 fully saturated rings. The zero-order valence-corrected chi connectivity index (χ0v) is 12.6. The maximum atomic E-state index is 12.3. The SMILES string of the molecule is O=C(Nc1ccc2cn[nH]c2c1)c1ccc(-c2ccccn2)nc1. The van der Waals surface area contributed by atoms with Crippen molar-refractivity contribution in [1.29, 1.82) is 0 Å². The highest BCUT2D eigenvalue weighted by Crippen LogP contribution is 2.18. The first-order valence-electron chi connectivity index (χ1n) is 7.41. The predicted octanol–water partition coefficient (Wildman–Crippen LogP) is 3.27. The second kappa shape index (κ2) is 5.92. The molecule has 24 heavy (non-hydrogen) atoms. The molecule has 0 aliphatic carbocycles. The lowest BCUT2D eigenvalue weighted by Crippen LogP contribution is -2.12. The predicted molar refractivity (Wildman–Crippen MR) is 91.5 cm³/mol. The Morgan fingerprint density at radius 1 is 0.958 bits per heavy atom. The summed E-state index contributed by atoms with van der Waals surface area (Å²) in [7, 11) is 0. The van der Waals surface area contributed by atoms with E-state index in [1.807, 2.05) is 36.4 Å². The van der Waals surface area contributed by atoms with Gasteiger partial charge in [-0.05, 0) is 42.5 Å². The van der Waals surface area contributed by atoms with Crippen LogP contribution in [0.15, 0.2) is 67.1 Å². The Labute approximate surface area is 137 Å². The van der Waals surface area contributed by atoms with Crippen LogP contribution >= 0.6 is 0 Å². The van der Waals surface area contributed by atoms with Crippen LogP contribution in [0.1, 0.15) is 10.4 Å². The van der Waals surface area contributed by atoms with Gasteiger partial charge in [0.25, 0.3) is 5.91 Å². The summed E-state index contributed by atoms with van der Waals surface area (Å²) >= 11 is 0. The van der Waals surface area contributed by atoms with E-state index < -0.39 is 0 Å². The first-order chi connectivity index (χ1) is 11.8. The van der Waals surface area contributed by atoms with E-state index in [0.717, 1.165) is 22.3 Å². The molecule has 0 saturated carbocycles. The monoisotopic (exact) mass is 315 g/mol. The number of benzene rings is 1. The second-order valence-electron chi connectivity index (χ2n) is 5.27. The first kappa shape index (κ1) is 14.1. The van der Waals surface area contributed by atoms with Crippen molar-refractivity contribution in [3.05, 3.63) is 72.7 Å². The lowest BCUT2D eigenvalue weighted by atomic mass is 10.2. The topological polar surface area (TPSA) is 83.6 Å². The molecule has 4 aromatic rings. The van der Waals surface area contributed by atoms with Gasteiger partial charge in [0.05, 0.1) is 28.7 Å². The third-order valence-electron chi connectivity index (χ3n) is 3.65. The molecular formula is C18H13N5O. The standard InChI is InChI=1S/C18H13N5O/c24-18(22-14-6-4-12-11-21-23-17(12)9-14)13-5-7-16(20-10-13)15-3-1-2-8-19-15/h1-11H,(H,21,23)(H,22,24). The summed E-state index contributed by atoms with van der Waals surface area (Å²) in [6.45, 7) is 0. The van der Waals surface area contributed by atoms with E-state index in [1.165, 1.54) is 0 Å². The van der Waals surface area contributed by atoms with Crippen LogP contribution in [-0.2, 0) is 0 Å². The van der Waals surface area contributed by atoms with E-state index in [9.17, 15) is 4.79 Å². The Hall–Kier alpha value is -3.54. The minimum atomic E-state index is -0.214. The number of anilines is 1. The molecule has 0 aliphatic rings. The molecule has 6 heteroatoms. The molecule has 0 unspecified atom stereocenters. The summed E-state index contributed by atoms with van der Waals surface area (Å²) in [5.41, 5.74) is 3.56. The van der Waals surface area contributed by atoms with Gasteiger partial charge in [0.15, 0.2) is 0 Å². The number of fused-ring (bicyclic) bond motifs is 1. The van der Waals surface area contributed by atoms with Gasteiger partial charge in [-0.3, -0.25) is 19.9 Å². The average Bonchev–Trinajstić information content (AvgIpc) is 3.10. The third kappa shape index (κ3) is 2.72. The van der Waals surface area contributed by atoms with Crippen LogP contribution in [0.25, 0.3) is 22.3 Å². The second-order valence-corrected chi connectivity index (χ2v) is 5.27. The van der Waals surface area contributed by atoms with Crippen molar-refractivity contribution in [2.75, 3.05) is 5.32 Å². The largest absolute Gasteiger partial charge is 0.322 e. The number of aromatic amines is 1. The van der Waals surface area contributed by atoms with Crippen molar-refractivity contribution >= 4 is 22.5 Å². The van der Waals surface area contributed by atoms with Crippen LogP contribution in [0.3, 0.4) is 0 Å². The van der Waals surface area contributed by atoms with Crippen LogP contribution < -0.4 is 5.32 Å². The van der Waals surface area contributed by atoms with Gasteiger partial charge < -0.3 is 5.32 Å². The Bertz CT molecular complexity index is 993. The summed E-state index contributed by atoms with van der Waals surface area (Å²) in [6.07, 6.45) is 5.00. The fraction of sp³-hybridized carbons (Fsp3) is 0. The molecular weight excluding hydrogens is 302 g/mol. The van der Waals surface area contributed by atoms with Gasteiger partial charge in [0.1, 0.15) is 0 Å². The van der Waals surface area contributed by atoms with Crippen molar-refractivity contribution in [2.45, 2.75) is 0 Å². The zero-order chi connectivity index (χ0) is 16.4. The molecule has 0 spiro atoms. The molecule has 1 amide bonds. The molecule has 116 valence electrons. The molecule has 1 aromatic carbocycles. The Balaban J connectivity index is 1.53. The van der Waals surface area contributed by atoms with E-state index in [-0.39, 0.29) is 5.91 Å². The lowest BCUT2D eigenvalue weighted by Gasteiger charge is -2.06. The molecule has 4 rings (SSSR count). The highest BCUT2D eigenvalue weighted by atomic mass is 16.1. The van der Waals surface area contributed by atoms with Crippen LogP contribution in [0, 0.1) is 0 Å². The summed E-state index contributed by atoms with van der Waals surface area (Å²) in [5, 5.41) is 10.7. The fourth-order valence-corrected chi connectivity index (χ4v) is 2.41. The molecule has 3 heterocycles. The number of hydrogen-bond acceptors (Lipinski definition) is 4. The van der Waals surface area contributed by atoms with Crippen LogP contribution in [0.5, 0.6) is 0 Å². The number of nitrogens with one attached hydrogen (secondary N) is 2. The minimum Gasteiger partial charge on any atom is -0.322 e. The lowest BCUT2D eigenvalue weighted by molar-refractivity contribution is 0.102. The molecule has 0 radical (unpaired) electrons. The fourth-order valence-electron chi connectivity index (χ4n) is 2.41. The van der Waals surface area contributed by atoms with Crippen molar-refractivity contribution in [2.24, 2.45) is 0 Å². The van der Waals surface area contributed by atoms with Gasteiger partial charge in [-0.1, -0.05) is 6.07 Å². The van der Waals surface area contributed by atoms with Crippen molar-refractivity contribution in [3.63, 3.8) is 0 Å². The maximum absolute atomic E-state index is 12.3. The van der Waals surface area contributed by atoms with E-state index >= 15 is 0 Å². The number of H-pyrrole nitrogens is 1. The molecule has 0 saturated heterocycles. The molecule has 3 aromatic heterocycles. The first-order valence-corrected chi connectivity index (χ1v) is 7.41. The third-order valence-corrected chi connectivity index (χ3v) is 3.65. The van der Waals surface area contributed by atoms with Crippen molar-refractivity contribution < 1.29 is 4.79 Å². The summed E-state index contributed by atoms with van der Waals surface area (Å²) < 4.78 is 0. The maximum Gasteiger partial charge on any atom is 0.257 e. The Morgan fingerprint density at radius 3 is 2.67 bits per heavy atom. The number of carbonyl (C=O) groups excluding carboxylic acids is 1. The zero-order valence-electron chi connectivity index (χ0n) is 12.6. The number of nitrogens with zero attached hydrogens (tertiary/aromatic N) is 3. The van der Waals surface area contributed by atoms with Gasteiger partial charge in [-0.25, -0.2) is 0 Å². The molecule has 0 bridgehead atoms. The van der Waals surface area contributed by atoms with E-state index in [1.54, 1.807) is 30.7 Å². The van der Waals surface area contributed by atoms with Gasteiger partial charge in [-0.15, -0.1) is 0 Å². The van der Waals surface area contributed by atoms with Crippen molar-refractivity contribution in [1.82, 2.24) is 20.2 Å². The number of hydrogen-bond donors (Lipinski definition) is 2. The number of aromatic nitrogens is 4. The molecule has 0 atom stereocenters. The highest BCUT2D eigenvalue weighted by molar-refractivity contribution is 6.04. The number of rotatable bonds is 3. The number of amides is 1. The van der Waals surface area contributed by atoms with E-state index in [0.29, 0.717) is 11.3 Å². The van der Waals surface area contributed by atoms with Crippen molar-refractivity contribution in [3.8, 4) is 11.4 Å². The summed E-state index contributed by atoms with van der Waals surface area (Å²) in [4.78, 5) is 20.9. The van der Waals surface area contributed by atoms with Gasteiger partial charge in [0.2, 0.25) is 0 Å². The molecule has 6 nitrogen and oxygen atoms in total. The normalized spacial score (nSPS) is 10.7. The van der Waals surface area contributed by atoms with E-state index in [2.05, 4.69) is 25.5 Å². The average molecular weight is 315 g/mol. The van der Waals surface area contributed by atoms with Crippen LogP contribution in [-0.4, -0.2) is 26.1 Å². The molecule has 0 aliphatic heterocycles. The Kier molecular flexibility index (Phi) is 3.47. The van der Waals surface area contributed by atoms with Gasteiger partial charge in [-0.2, -0.15) is 5.10 Å². The number of pyridine rings is 2. The van der Waals surface area contributed by atoms with Gasteiger partial charge >= 0.3 is 0 Å². The Morgan fingerprint density at radius 2 is 1.88 bits per heavy atom. The molecule has 2 N–H and O–H groups in total. The summed E-state index contributed by atoms with van der Waals surface area (Å²) in [6, 6.07) is 14.7. The highest BCUT2D eigenvalue weighted by Gasteiger charge is 2.08. The van der Waals surface area contributed by atoms with Gasteiger partial charge in [0, 0.05) is 23.5 Å². The quantitative estimate of drug-likeness (QED) is 0.608.